The SMILES string of the molecule is NC(=O)NCCNc1ccc([N+](=O)[O-])c2cnccc12. The lowest BCUT2D eigenvalue weighted by Crippen LogP contribution is -2.33. The number of urea groups is 1. The number of hydrogen-bond donors (Lipinski definition) is 3. The minimum Gasteiger partial charge on any atom is -0.383 e. The molecule has 1 aromatic heterocycles. The summed E-state index contributed by atoms with van der Waals surface area (Å²) >= 11 is 0. The van der Waals surface area contributed by atoms with E-state index in [-0.39, 0.29) is 5.69 Å². The molecule has 2 rings (SSSR count). The van der Waals surface area contributed by atoms with Gasteiger partial charge in [0, 0.05) is 42.6 Å². The fraction of sp³-hybridized carbons (Fsp3) is 0.167. The van der Waals surface area contributed by atoms with Crippen LogP contribution >= 0.6 is 0 Å². The van der Waals surface area contributed by atoms with Crippen molar-refractivity contribution < 1.29 is 9.72 Å². The van der Waals surface area contributed by atoms with Gasteiger partial charge >= 0.3 is 6.03 Å². The average Bonchev–Trinajstić information content (AvgIpc) is 2.43. The minimum atomic E-state index is -0.593. The van der Waals surface area contributed by atoms with E-state index in [0.29, 0.717) is 23.9 Å². The molecule has 4 N–H and O–H groups in total. The maximum atomic E-state index is 11.0. The molecule has 104 valence electrons. The van der Waals surface area contributed by atoms with E-state index in [9.17, 15) is 14.9 Å². The highest BCUT2D eigenvalue weighted by Gasteiger charge is 2.13. The third-order valence-corrected chi connectivity index (χ3v) is 2.73. The van der Waals surface area contributed by atoms with E-state index in [0.717, 1.165) is 5.69 Å². The van der Waals surface area contributed by atoms with Crippen LogP contribution in [0.1, 0.15) is 0 Å². The van der Waals surface area contributed by atoms with Crippen molar-refractivity contribution >= 4 is 28.2 Å². The summed E-state index contributed by atoms with van der Waals surface area (Å²) in [6, 6.07) is 4.16. The zero-order valence-electron chi connectivity index (χ0n) is 10.5. The molecular weight excluding hydrogens is 262 g/mol. The van der Waals surface area contributed by atoms with Crippen LogP contribution in [0.25, 0.3) is 10.8 Å². The number of nitrogens with one attached hydrogen (secondary N) is 2. The molecule has 2 amide bonds. The maximum Gasteiger partial charge on any atom is 0.312 e. The number of carbonyl (C=O) groups excluding carboxylic acids is 1. The Hall–Kier alpha value is -2.90. The Labute approximate surface area is 114 Å². The molecule has 0 aliphatic carbocycles. The molecule has 2 aromatic rings. The Balaban J connectivity index is 2.24. The molecule has 8 nitrogen and oxygen atoms in total. The Morgan fingerprint density at radius 1 is 1.30 bits per heavy atom. The molecule has 0 fully saturated rings. The Morgan fingerprint density at radius 3 is 2.80 bits per heavy atom. The largest absolute Gasteiger partial charge is 0.383 e. The first-order valence-corrected chi connectivity index (χ1v) is 5.88. The van der Waals surface area contributed by atoms with Crippen molar-refractivity contribution in [2.45, 2.75) is 0 Å². The summed E-state index contributed by atoms with van der Waals surface area (Å²) in [4.78, 5) is 25.0. The summed E-state index contributed by atoms with van der Waals surface area (Å²) in [6.07, 6.45) is 3.03. The van der Waals surface area contributed by atoms with Crippen molar-refractivity contribution in [2.75, 3.05) is 18.4 Å². The summed E-state index contributed by atoms with van der Waals surface area (Å²) in [6.45, 7) is 0.817. The smallest absolute Gasteiger partial charge is 0.312 e. The number of nitrogens with two attached hydrogens (primary N) is 1. The second-order valence-corrected chi connectivity index (χ2v) is 4.03. The molecule has 0 spiro atoms. The molecule has 1 heterocycles. The molecular formula is C12H13N5O3. The van der Waals surface area contributed by atoms with Gasteiger partial charge in [0.1, 0.15) is 0 Å². The lowest BCUT2D eigenvalue weighted by Gasteiger charge is -2.10. The van der Waals surface area contributed by atoms with E-state index in [1.165, 1.54) is 12.3 Å². The number of nitro groups is 1. The first-order chi connectivity index (χ1) is 9.59. The lowest BCUT2D eigenvalue weighted by molar-refractivity contribution is -0.383. The number of nitro benzene ring substituents is 1. The topological polar surface area (TPSA) is 123 Å². The van der Waals surface area contributed by atoms with Gasteiger partial charge in [0.2, 0.25) is 0 Å². The predicted molar refractivity (Wildman–Crippen MR) is 74.5 cm³/mol. The minimum absolute atomic E-state index is 0.00825. The maximum absolute atomic E-state index is 11.0. The second kappa shape index (κ2) is 5.83. The average molecular weight is 275 g/mol. The van der Waals surface area contributed by atoms with Crippen molar-refractivity contribution in [3.63, 3.8) is 0 Å². The van der Waals surface area contributed by atoms with Crippen LogP contribution in [0.5, 0.6) is 0 Å². The normalized spacial score (nSPS) is 10.2. The molecule has 0 saturated carbocycles. The van der Waals surface area contributed by atoms with Crippen molar-refractivity contribution in [2.24, 2.45) is 5.73 Å². The number of amides is 2. The molecule has 0 bridgehead atoms. The van der Waals surface area contributed by atoms with Crippen LogP contribution in [0.4, 0.5) is 16.2 Å². The van der Waals surface area contributed by atoms with Gasteiger partial charge in [-0.2, -0.15) is 0 Å². The molecule has 1 aromatic carbocycles. The van der Waals surface area contributed by atoms with Gasteiger partial charge in [-0.25, -0.2) is 4.79 Å². The van der Waals surface area contributed by atoms with E-state index in [2.05, 4.69) is 15.6 Å². The van der Waals surface area contributed by atoms with Crippen LogP contribution in [0.15, 0.2) is 30.6 Å². The van der Waals surface area contributed by atoms with Crippen LogP contribution in [0.3, 0.4) is 0 Å². The fourth-order valence-corrected chi connectivity index (χ4v) is 1.87. The van der Waals surface area contributed by atoms with Crippen LogP contribution < -0.4 is 16.4 Å². The summed E-state index contributed by atoms with van der Waals surface area (Å²) in [7, 11) is 0. The fourth-order valence-electron chi connectivity index (χ4n) is 1.87. The number of pyridine rings is 1. The van der Waals surface area contributed by atoms with E-state index in [1.807, 2.05) is 0 Å². The quantitative estimate of drug-likeness (QED) is 0.430. The van der Waals surface area contributed by atoms with Gasteiger partial charge in [-0.3, -0.25) is 15.1 Å². The van der Waals surface area contributed by atoms with Gasteiger partial charge in [-0.05, 0) is 12.1 Å². The molecule has 0 unspecified atom stereocenters. The van der Waals surface area contributed by atoms with Gasteiger partial charge in [-0.1, -0.05) is 0 Å². The second-order valence-electron chi connectivity index (χ2n) is 4.03. The summed E-state index contributed by atoms with van der Waals surface area (Å²) in [5.41, 5.74) is 5.70. The molecule has 20 heavy (non-hydrogen) atoms. The number of primary amides is 1. The van der Waals surface area contributed by atoms with Gasteiger partial charge in [0.15, 0.2) is 0 Å². The van der Waals surface area contributed by atoms with E-state index < -0.39 is 11.0 Å². The van der Waals surface area contributed by atoms with Gasteiger partial charge in [0.25, 0.3) is 5.69 Å². The highest BCUT2D eigenvalue weighted by atomic mass is 16.6. The molecule has 0 aliphatic rings. The zero-order valence-corrected chi connectivity index (χ0v) is 10.5. The number of nitrogens with zero attached hydrogens (tertiary/aromatic N) is 2. The number of non-ortho nitro benzene ring substituents is 1. The molecule has 8 heteroatoms. The van der Waals surface area contributed by atoms with Crippen molar-refractivity contribution in [1.82, 2.24) is 10.3 Å². The molecule has 0 aliphatic heterocycles. The van der Waals surface area contributed by atoms with Crippen LogP contribution in [0, 0.1) is 10.1 Å². The monoisotopic (exact) mass is 275 g/mol. The third-order valence-electron chi connectivity index (χ3n) is 2.73. The number of rotatable bonds is 5. The van der Waals surface area contributed by atoms with Crippen molar-refractivity contribution in [3.05, 3.63) is 40.7 Å². The first kappa shape index (κ1) is 13.5. The van der Waals surface area contributed by atoms with E-state index >= 15 is 0 Å². The Bertz CT molecular complexity index is 659. The molecule has 0 radical (unpaired) electrons. The lowest BCUT2D eigenvalue weighted by atomic mass is 10.1. The van der Waals surface area contributed by atoms with Crippen LogP contribution in [-0.4, -0.2) is 29.0 Å². The van der Waals surface area contributed by atoms with Gasteiger partial charge in [-0.15, -0.1) is 0 Å². The number of aromatic nitrogens is 1. The number of benzene rings is 1. The van der Waals surface area contributed by atoms with Gasteiger partial charge in [0.05, 0.1) is 10.3 Å². The summed E-state index contributed by atoms with van der Waals surface area (Å²) in [5.74, 6) is 0. The molecule has 0 atom stereocenters. The first-order valence-electron chi connectivity index (χ1n) is 5.88. The van der Waals surface area contributed by atoms with Crippen LogP contribution in [0.2, 0.25) is 0 Å². The highest BCUT2D eigenvalue weighted by molar-refractivity contribution is 5.99. The molecule has 0 saturated heterocycles. The zero-order chi connectivity index (χ0) is 14.5. The summed E-state index contributed by atoms with van der Waals surface area (Å²) in [5, 5.41) is 17.7. The third kappa shape index (κ3) is 2.91. The number of anilines is 1. The van der Waals surface area contributed by atoms with Crippen molar-refractivity contribution in [1.29, 1.82) is 0 Å². The summed E-state index contributed by atoms with van der Waals surface area (Å²) < 4.78 is 0. The highest BCUT2D eigenvalue weighted by Crippen LogP contribution is 2.30. The number of carbonyl (C=O) groups is 1. The van der Waals surface area contributed by atoms with Gasteiger partial charge < -0.3 is 16.4 Å². The number of hydrogen-bond acceptors (Lipinski definition) is 5. The predicted octanol–water partition coefficient (Wildman–Crippen LogP) is 1.22. The van der Waals surface area contributed by atoms with Crippen molar-refractivity contribution in [3.8, 4) is 0 Å². The Kier molecular flexibility index (Phi) is 3.94. The standard InChI is InChI=1S/C12H13N5O3/c13-12(18)16-6-5-15-10-1-2-11(17(19)20)9-7-14-4-3-8(9)10/h1-4,7,15H,5-6H2,(H3,13,16,18). The van der Waals surface area contributed by atoms with E-state index in [1.54, 1.807) is 18.3 Å². The number of fused-ring (bicyclic) bond motifs is 1. The van der Waals surface area contributed by atoms with Crippen LogP contribution in [-0.2, 0) is 0 Å². The Morgan fingerprint density at radius 2 is 2.10 bits per heavy atom. The van der Waals surface area contributed by atoms with E-state index in [4.69, 9.17) is 5.73 Å².